The molecule has 1 aliphatic rings. The molecule has 1 aromatic rings. The molecular formula is C16H23ClN2O. The lowest BCUT2D eigenvalue weighted by Gasteiger charge is -2.34. The van der Waals surface area contributed by atoms with E-state index < -0.39 is 0 Å². The lowest BCUT2D eigenvalue weighted by Crippen LogP contribution is -2.39. The number of hydrogen-bond donors (Lipinski definition) is 0. The molecule has 1 fully saturated rings. The van der Waals surface area contributed by atoms with Crippen molar-refractivity contribution in [2.45, 2.75) is 52.0 Å². The van der Waals surface area contributed by atoms with Crippen molar-refractivity contribution in [3.8, 4) is 0 Å². The molecule has 0 unspecified atom stereocenters. The van der Waals surface area contributed by atoms with Gasteiger partial charge in [-0.25, -0.2) is 4.98 Å². The van der Waals surface area contributed by atoms with E-state index in [0.717, 1.165) is 24.5 Å². The molecule has 0 bridgehead atoms. The van der Waals surface area contributed by atoms with E-state index in [2.05, 4.69) is 11.9 Å². The molecule has 1 saturated carbocycles. The average molecular weight is 295 g/mol. The van der Waals surface area contributed by atoms with E-state index in [0.29, 0.717) is 16.8 Å². The van der Waals surface area contributed by atoms with Crippen LogP contribution >= 0.6 is 11.6 Å². The summed E-state index contributed by atoms with van der Waals surface area (Å²) in [5.74, 6) is 0.893. The molecule has 0 aromatic carbocycles. The number of carbonyl (C=O) groups is 1. The molecule has 20 heavy (non-hydrogen) atoms. The lowest BCUT2D eigenvalue weighted by molar-refractivity contribution is 0.0674. The summed E-state index contributed by atoms with van der Waals surface area (Å²) in [6.45, 7) is 4.11. The molecule has 0 radical (unpaired) electrons. The Balaban J connectivity index is 2.05. The number of pyridine rings is 1. The Hall–Kier alpha value is -1.09. The van der Waals surface area contributed by atoms with Gasteiger partial charge in [-0.2, -0.15) is 0 Å². The van der Waals surface area contributed by atoms with Crippen LogP contribution in [0.4, 0.5) is 0 Å². The first kappa shape index (κ1) is 15.3. The summed E-state index contributed by atoms with van der Waals surface area (Å²) < 4.78 is 0. The van der Waals surface area contributed by atoms with Crippen LogP contribution in [-0.4, -0.2) is 28.9 Å². The largest absolute Gasteiger partial charge is 0.339 e. The van der Waals surface area contributed by atoms with Crippen molar-refractivity contribution in [1.29, 1.82) is 0 Å². The SMILES string of the molecule is CCC1CCC(N(C)C(=O)c2cc(C)nc(Cl)c2)CC1. The third kappa shape index (κ3) is 3.51. The van der Waals surface area contributed by atoms with Crippen molar-refractivity contribution >= 4 is 17.5 Å². The Morgan fingerprint density at radius 2 is 2.00 bits per heavy atom. The first-order valence-corrected chi connectivity index (χ1v) is 7.80. The highest BCUT2D eigenvalue weighted by atomic mass is 35.5. The Bertz CT molecular complexity index is 461. The standard InChI is InChI=1S/C16H23ClN2O/c1-4-12-5-7-14(8-6-12)19(3)16(20)13-9-11(2)18-15(17)10-13/h9-10,12,14H,4-8H2,1-3H3. The summed E-state index contributed by atoms with van der Waals surface area (Å²) in [6.07, 6.45) is 5.93. The number of carbonyl (C=O) groups excluding carboxylic acids is 1. The van der Waals surface area contributed by atoms with Gasteiger partial charge in [0.25, 0.3) is 5.91 Å². The first-order valence-electron chi connectivity index (χ1n) is 7.42. The number of amides is 1. The van der Waals surface area contributed by atoms with E-state index in [1.165, 1.54) is 19.3 Å². The molecule has 1 heterocycles. The number of hydrogen-bond acceptors (Lipinski definition) is 2. The van der Waals surface area contributed by atoms with Crippen LogP contribution in [0.5, 0.6) is 0 Å². The van der Waals surface area contributed by atoms with Gasteiger partial charge in [-0.3, -0.25) is 4.79 Å². The highest BCUT2D eigenvalue weighted by Gasteiger charge is 2.26. The van der Waals surface area contributed by atoms with E-state index in [1.54, 1.807) is 6.07 Å². The predicted molar refractivity (Wildman–Crippen MR) is 82.1 cm³/mol. The summed E-state index contributed by atoms with van der Waals surface area (Å²) in [6, 6.07) is 3.82. The monoisotopic (exact) mass is 294 g/mol. The Morgan fingerprint density at radius 3 is 2.55 bits per heavy atom. The van der Waals surface area contributed by atoms with Crippen molar-refractivity contribution in [3.05, 3.63) is 28.5 Å². The molecule has 0 spiro atoms. The van der Waals surface area contributed by atoms with Crippen molar-refractivity contribution in [2.75, 3.05) is 7.05 Å². The Kier molecular flexibility index (Phi) is 5.03. The smallest absolute Gasteiger partial charge is 0.254 e. The molecule has 1 aromatic heterocycles. The molecule has 0 N–H and O–H groups in total. The van der Waals surface area contributed by atoms with Gasteiger partial charge in [0.05, 0.1) is 0 Å². The van der Waals surface area contributed by atoms with Gasteiger partial charge in [0.1, 0.15) is 5.15 Å². The summed E-state index contributed by atoms with van der Waals surface area (Å²) in [5, 5.41) is 0.386. The fourth-order valence-electron chi connectivity index (χ4n) is 3.06. The summed E-state index contributed by atoms with van der Waals surface area (Å²) >= 11 is 5.94. The number of aryl methyl sites for hydroxylation is 1. The van der Waals surface area contributed by atoms with Gasteiger partial charge < -0.3 is 4.90 Å². The minimum atomic E-state index is 0.0531. The van der Waals surface area contributed by atoms with Crippen LogP contribution in [0.2, 0.25) is 5.15 Å². The zero-order valence-corrected chi connectivity index (χ0v) is 13.3. The third-order valence-electron chi connectivity index (χ3n) is 4.43. The molecule has 0 atom stereocenters. The van der Waals surface area contributed by atoms with Crippen molar-refractivity contribution in [2.24, 2.45) is 5.92 Å². The molecule has 0 saturated heterocycles. The topological polar surface area (TPSA) is 33.2 Å². The number of aromatic nitrogens is 1. The van der Waals surface area contributed by atoms with E-state index >= 15 is 0 Å². The summed E-state index contributed by atoms with van der Waals surface area (Å²) in [5.41, 5.74) is 1.42. The minimum absolute atomic E-state index is 0.0531. The first-order chi connectivity index (χ1) is 9.51. The molecular weight excluding hydrogens is 272 g/mol. The van der Waals surface area contributed by atoms with Gasteiger partial charge in [-0.1, -0.05) is 24.9 Å². The second-order valence-corrected chi connectivity index (χ2v) is 6.21. The number of rotatable bonds is 3. The van der Waals surface area contributed by atoms with Gasteiger partial charge in [-0.05, 0) is 50.7 Å². The molecule has 1 aliphatic carbocycles. The molecule has 2 rings (SSSR count). The molecule has 0 aliphatic heterocycles. The van der Waals surface area contributed by atoms with Gasteiger partial charge in [0.2, 0.25) is 0 Å². The van der Waals surface area contributed by atoms with E-state index in [-0.39, 0.29) is 5.91 Å². The fraction of sp³-hybridized carbons (Fsp3) is 0.625. The zero-order valence-electron chi connectivity index (χ0n) is 12.5. The zero-order chi connectivity index (χ0) is 14.7. The number of nitrogens with zero attached hydrogens (tertiary/aromatic N) is 2. The van der Waals surface area contributed by atoms with Crippen LogP contribution in [0.1, 0.15) is 55.1 Å². The molecule has 4 heteroatoms. The van der Waals surface area contributed by atoms with Gasteiger partial charge in [-0.15, -0.1) is 0 Å². The maximum absolute atomic E-state index is 12.5. The summed E-state index contributed by atoms with van der Waals surface area (Å²) in [7, 11) is 1.91. The van der Waals surface area contributed by atoms with Crippen LogP contribution in [-0.2, 0) is 0 Å². The van der Waals surface area contributed by atoms with E-state index in [4.69, 9.17) is 11.6 Å². The van der Waals surface area contributed by atoms with Gasteiger partial charge in [0.15, 0.2) is 0 Å². The maximum Gasteiger partial charge on any atom is 0.254 e. The van der Waals surface area contributed by atoms with Crippen LogP contribution in [0.3, 0.4) is 0 Å². The Morgan fingerprint density at radius 1 is 1.35 bits per heavy atom. The van der Waals surface area contributed by atoms with Crippen LogP contribution < -0.4 is 0 Å². The van der Waals surface area contributed by atoms with Crippen molar-refractivity contribution in [3.63, 3.8) is 0 Å². The van der Waals surface area contributed by atoms with E-state index in [1.807, 2.05) is 24.9 Å². The minimum Gasteiger partial charge on any atom is -0.339 e. The normalized spacial score (nSPS) is 22.6. The van der Waals surface area contributed by atoms with E-state index in [9.17, 15) is 4.79 Å². The van der Waals surface area contributed by atoms with Crippen molar-refractivity contribution < 1.29 is 4.79 Å². The maximum atomic E-state index is 12.5. The fourth-order valence-corrected chi connectivity index (χ4v) is 3.31. The number of halogens is 1. The second kappa shape index (κ2) is 6.57. The third-order valence-corrected chi connectivity index (χ3v) is 4.62. The highest BCUT2D eigenvalue weighted by molar-refractivity contribution is 6.29. The van der Waals surface area contributed by atoms with Gasteiger partial charge in [0, 0.05) is 24.3 Å². The van der Waals surface area contributed by atoms with Crippen molar-refractivity contribution in [1.82, 2.24) is 9.88 Å². The second-order valence-electron chi connectivity index (χ2n) is 5.82. The Labute approximate surface area is 126 Å². The average Bonchev–Trinajstić information content (AvgIpc) is 2.45. The summed E-state index contributed by atoms with van der Waals surface area (Å²) in [4.78, 5) is 18.5. The van der Waals surface area contributed by atoms with Crippen LogP contribution in [0.15, 0.2) is 12.1 Å². The molecule has 110 valence electrons. The highest BCUT2D eigenvalue weighted by Crippen LogP contribution is 2.29. The van der Waals surface area contributed by atoms with Gasteiger partial charge >= 0.3 is 0 Å². The molecule has 1 amide bonds. The van der Waals surface area contributed by atoms with Crippen LogP contribution in [0.25, 0.3) is 0 Å². The molecule has 3 nitrogen and oxygen atoms in total. The predicted octanol–water partition coefficient (Wildman–Crippen LogP) is 4.08. The lowest BCUT2D eigenvalue weighted by atomic mass is 9.84. The quantitative estimate of drug-likeness (QED) is 0.787. The van der Waals surface area contributed by atoms with Crippen LogP contribution in [0, 0.1) is 12.8 Å².